The Kier molecular flexibility index (Phi) is 5.03. The van der Waals surface area contributed by atoms with Gasteiger partial charge in [0.1, 0.15) is 0 Å². The van der Waals surface area contributed by atoms with E-state index in [0.29, 0.717) is 18.7 Å². The highest BCUT2D eigenvalue weighted by Gasteiger charge is 2.33. The summed E-state index contributed by atoms with van der Waals surface area (Å²) in [6.45, 7) is 1.69. The third-order valence-electron chi connectivity index (χ3n) is 4.63. The van der Waals surface area contributed by atoms with Crippen molar-refractivity contribution in [3.8, 4) is 0 Å². The number of likely N-dealkylation sites (N-methyl/N-ethyl adjacent to an activating group) is 2. The molecule has 0 aromatic heterocycles. The zero-order valence-electron chi connectivity index (χ0n) is 14.6. The van der Waals surface area contributed by atoms with Gasteiger partial charge in [0.15, 0.2) is 0 Å². The molecule has 1 unspecified atom stereocenters. The molecule has 1 aliphatic heterocycles. The first kappa shape index (κ1) is 17.0. The Hall–Kier alpha value is -2.82. The fourth-order valence-corrected chi connectivity index (χ4v) is 3.16. The molecule has 0 aliphatic carbocycles. The monoisotopic (exact) mass is 337 g/mol. The summed E-state index contributed by atoms with van der Waals surface area (Å²) in [7, 11) is 3.74. The Labute approximate surface area is 148 Å². The van der Waals surface area contributed by atoms with Crippen LogP contribution in [0.3, 0.4) is 0 Å². The molecule has 5 nitrogen and oxygen atoms in total. The molecule has 0 spiro atoms. The summed E-state index contributed by atoms with van der Waals surface area (Å²) in [6.07, 6.45) is 0. The summed E-state index contributed by atoms with van der Waals surface area (Å²) in [4.78, 5) is 28.6. The molecule has 0 saturated heterocycles. The van der Waals surface area contributed by atoms with E-state index in [4.69, 9.17) is 0 Å². The van der Waals surface area contributed by atoms with Gasteiger partial charge in [-0.2, -0.15) is 0 Å². The smallest absolute Gasteiger partial charge is 0.253 e. The Morgan fingerprint density at radius 2 is 1.84 bits per heavy atom. The van der Waals surface area contributed by atoms with E-state index in [-0.39, 0.29) is 17.7 Å². The predicted molar refractivity (Wildman–Crippen MR) is 98.9 cm³/mol. The van der Waals surface area contributed by atoms with Crippen LogP contribution in [0, 0.1) is 0 Å². The maximum absolute atomic E-state index is 12.7. The number of rotatable bonds is 5. The fourth-order valence-electron chi connectivity index (χ4n) is 3.16. The lowest BCUT2D eigenvalue weighted by Crippen LogP contribution is -2.44. The van der Waals surface area contributed by atoms with Crippen molar-refractivity contribution in [1.29, 1.82) is 0 Å². The number of hydrogen-bond donors (Lipinski definition) is 1. The topological polar surface area (TPSA) is 52.7 Å². The average Bonchev–Trinajstić information content (AvgIpc) is 2.65. The van der Waals surface area contributed by atoms with E-state index >= 15 is 0 Å². The van der Waals surface area contributed by atoms with Crippen molar-refractivity contribution in [1.82, 2.24) is 10.2 Å². The molecule has 3 rings (SSSR count). The second-order valence-electron chi connectivity index (χ2n) is 6.37. The van der Waals surface area contributed by atoms with Crippen molar-refractivity contribution in [3.63, 3.8) is 0 Å². The number of benzene rings is 2. The van der Waals surface area contributed by atoms with E-state index in [1.54, 1.807) is 18.0 Å². The van der Waals surface area contributed by atoms with Gasteiger partial charge in [-0.3, -0.25) is 9.59 Å². The van der Waals surface area contributed by atoms with Crippen molar-refractivity contribution in [2.75, 3.05) is 38.6 Å². The van der Waals surface area contributed by atoms with Gasteiger partial charge in [0.05, 0.1) is 5.92 Å². The third kappa shape index (κ3) is 3.65. The van der Waals surface area contributed by atoms with Gasteiger partial charge in [-0.1, -0.05) is 36.4 Å². The van der Waals surface area contributed by atoms with Crippen molar-refractivity contribution in [2.24, 2.45) is 0 Å². The lowest BCUT2D eigenvalue weighted by atomic mass is 9.89. The van der Waals surface area contributed by atoms with Crippen molar-refractivity contribution < 1.29 is 9.59 Å². The van der Waals surface area contributed by atoms with Gasteiger partial charge in [0, 0.05) is 45.0 Å². The van der Waals surface area contributed by atoms with Gasteiger partial charge in [-0.05, 0) is 23.8 Å². The van der Waals surface area contributed by atoms with Crippen LogP contribution < -0.4 is 10.2 Å². The Morgan fingerprint density at radius 3 is 2.60 bits per heavy atom. The normalized spacial score (nSPS) is 16.3. The third-order valence-corrected chi connectivity index (χ3v) is 4.63. The molecule has 2 aromatic carbocycles. The highest BCUT2D eigenvalue weighted by Crippen LogP contribution is 2.27. The first-order valence-corrected chi connectivity index (χ1v) is 8.46. The second-order valence-corrected chi connectivity index (χ2v) is 6.37. The molecule has 1 atom stereocenters. The molecule has 0 fully saturated rings. The Bertz CT molecular complexity index is 761. The van der Waals surface area contributed by atoms with E-state index in [1.165, 1.54) is 0 Å². The number of amides is 2. The molecule has 5 heteroatoms. The molecule has 2 aromatic rings. The van der Waals surface area contributed by atoms with Gasteiger partial charge in [0.25, 0.3) is 5.91 Å². The number of nitrogens with one attached hydrogen (secondary N) is 1. The number of fused-ring (bicyclic) bond motifs is 1. The number of anilines is 1. The summed E-state index contributed by atoms with van der Waals surface area (Å²) in [5, 5.41) is 3.01. The van der Waals surface area contributed by atoms with Crippen LogP contribution in [0.1, 0.15) is 21.8 Å². The van der Waals surface area contributed by atoms with Crippen LogP contribution >= 0.6 is 0 Å². The summed E-state index contributed by atoms with van der Waals surface area (Å²) in [5.41, 5.74) is 2.56. The maximum Gasteiger partial charge on any atom is 0.253 e. The number of carbonyl (C=O) groups is 2. The van der Waals surface area contributed by atoms with Crippen molar-refractivity contribution >= 4 is 17.5 Å². The van der Waals surface area contributed by atoms with Crippen LogP contribution in [0.5, 0.6) is 0 Å². The van der Waals surface area contributed by atoms with Crippen LogP contribution in [0.2, 0.25) is 0 Å². The van der Waals surface area contributed by atoms with E-state index in [9.17, 15) is 9.59 Å². The molecule has 2 amide bonds. The molecule has 1 aliphatic rings. The SMILES string of the molecule is CN1CC(C(=O)NCCN(C)c2ccccc2)c2ccccc2C1=O. The first-order valence-electron chi connectivity index (χ1n) is 8.46. The standard InChI is InChI=1S/C20H23N3O2/c1-22(15-8-4-3-5-9-15)13-12-21-19(24)18-14-23(2)20(25)17-11-7-6-10-16(17)18/h3-11,18H,12-14H2,1-2H3,(H,21,24). The molecule has 0 saturated carbocycles. The number of para-hydroxylation sites is 1. The van der Waals surface area contributed by atoms with E-state index in [0.717, 1.165) is 17.8 Å². The summed E-state index contributed by atoms with van der Waals surface area (Å²) in [5.74, 6) is -0.377. The summed E-state index contributed by atoms with van der Waals surface area (Å²) in [6, 6.07) is 17.4. The Balaban J connectivity index is 1.62. The summed E-state index contributed by atoms with van der Waals surface area (Å²) < 4.78 is 0. The molecule has 1 heterocycles. The zero-order chi connectivity index (χ0) is 17.8. The number of carbonyl (C=O) groups excluding carboxylic acids is 2. The lowest BCUT2D eigenvalue weighted by molar-refractivity contribution is -0.122. The zero-order valence-corrected chi connectivity index (χ0v) is 14.6. The fraction of sp³-hybridized carbons (Fsp3) is 0.300. The van der Waals surface area contributed by atoms with Gasteiger partial charge in [0.2, 0.25) is 5.91 Å². The number of hydrogen-bond acceptors (Lipinski definition) is 3. The van der Waals surface area contributed by atoms with Crippen LogP contribution in [0.25, 0.3) is 0 Å². The molecular formula is C20H23N3O2. The highest BCUT2D eigenvalue weighted by molar-refractivity contribution is 6.00. The molecule has 0 bridgehead atoms. The first-order chi connectivity index (χ1) is 12.1. The molecular weight excluding hydrogens is 314 g/mol. The molecule has 130 valence electrons. The second kappa shape index (κ2) is 7.38. The quantitative estimate of drug-likeness (QED) is 0.909. The molecule has 1 N–H and O–H groups in total. The van der Waals surface area contributed by atoms with Crippen LogP contribution in [0.15, 0.2) is 54.6 Å². The van der Waals surface area contributed by atoms with Crippen molar-refractivity contribution in [2.45, 2.75) is 5.92 Å². The van der Waals surface area contributed by atoms with Gasteiger partial charge in [-0.25, -0.2) is 0 Å². The van der Waals surface area contributed by atoms with Crippen LogP contribution in [-0.4, -0.2) is 50.4 Å². The highest BCUT2D eigenvalue weighted by atomic mass is 16.2. The minimum Gasteiger partial charge on any atom is -0.373 e. The lowest BCUT2D eigenvalue weighted by Gasteiger charge is -2.31. The van der Waals surface area contributed by atoms with Crippen LogP contribution in [0.4, 0.5) is 5.69 Å². The van der Waals surface area contributed by atoms with Crippen molar-refractivity contribution in [3.05, 3.63) is 65.7 Å². The van der Waals surface area contributed by atoms with Gasteiger partial charge < -0.3 is 15.1 Å². The van der Waals surface area contributed by atoms with E-state index in [2.05, 4.69) is 10.2 Å². The van der Waals surface area contributed by atoms with E-state index < -0.39 is 0 Å². The minimum atomic E-state index is -0.319. The minimum absolute atomic E-state index is 0.0246. The van der Waals surface area contributed by atoms with Gasteiger partial charge in [-0.15, -0.1) is 0 Å². The average molecular weight is 337 g/mol. The molecule has 0 radical (unpaired) electrons. The van der Waals surface area contributed by atoms with E-state index in [1.807, 2.05) is 55.6 Å². The Morgan fingerprint density at radius 1 is 1.16 bits per heavy atom. The molecule has 25 heavy (non-hydrogen) atoms. The van der Waals surface area contributed by atoms with Crippen LogP contribution in [-0.2, 0) is 4.79 Å². The maximum atomic E-state index is 12.7. The summed E-state index contributed by atoms with van der Waals surface area (Å²) >= 11 is 0. The predicted octanol–water partition coefficient (Wildman–Crippen LogP) is 2.11. The number of nitrogens with zero attached hydrogens (tertiary/aromatic N) is 2. The van der Waals surface area contributed by atoms with Gasteiger partial charge >= 0.3 is 0 Å². The largest absolute Gasteiger partial charge is 0.373 e.